The van der Waals surface area contributed by atoms with Crippen LogP contribution < -0.4 is 4.46 Å². The van der Waals surface area contributed by atoms with Gasteiger partial charge in [0, 0.05) is 0 Å². The second-order valence-corrected chi connectivity index (χ2v) is 9.33. The van der Waals surface area contributed by atoms with E-state index in [1.807, 2.05) is 0 Å². The number of benzene rings is 2. The molecular weight excluding hydrogens is 333 g/mol. The molecule has 0 spiro atoms. The molecule has 1 aliphatic heterocycles. The molecule has 0 amide bonds. The zero-order valence-corrected chi connectivity index (χ0v) is 15.2. The summed E-state index contributed by atoms with van der Waals surface area (Å²) in [7, 11) is 0. The van der Waals surface area contributed by atoms with E-state index >= 15 is 0 Å². The fourth-order valence-corrected chi connectivity index (χ4v) is 5.62. The number of nitrogens with zero attached hydrogens (tertiary/aromatic N) is 1. The van der Waals surface area contributed by atoms with Crippen LogP contribution in [0.4, 0.5) is 0 Å². The van der Waals surface area contributed by atoms with E-state index in [0.29, 0.717) is 20.4 Å². The van der Waals surface area contributed by atoms with Crippen molar-refractivity contribution in [2.24, 2.45) is 5.41 Å². The van der Waals surface area contributed by atoms with Crippen molar-refractivity contribution in [1.29, 1.82) is 0 Å². The van der Waals surface area contributed by atoms with E-state index in [1.54, 1.807) is 0 Å². The van der Waals surface area contributed by atoms with Gasteiger partial charge in [-0.1, -0.05) is 0 Å². The van der Waals surface area contributed by atoms with Crippen molar-refractivity contribution in [3.63, 3.8) is 0 Å². The molecule has 1 saturated heterocycles. The van der Waals surface area contributed by atoms with E-state index < -0.39 is 0 Å². The fourth-order valence-electron chi connectivity index (χ4n) is 3.39. The average molecular weight is 358 g/mol. The van der Waals surface area contributed by atoms with Crippen LogP contribution in [0.25, 0.3) is 0 Å². The zero-order valence-electron chi connectivity index (χ0n) is 13.5. The minimum atomic E-state index is 0.451. The summed E-state index contributed by atoms with van der Waals surface area (Å²) in [6, 6.07) is 22.6. The summed E-state index contributed by atoms with van der Waals surface area (Å²) in [4.78, 5) is 2.71. The molecule has 3 rings (SSSR count). The molecule has 1 atom stereocenters. The van der Waals surface area contributed by atoms with E-state index in [-0.39, 0.29) is 0 Å². The standard InChI is InChI=1S/C20H25NSe/c1-20(2)13-18(15-22-19-11-7-4-8-12-19)21(16-20)14-17-9-5-3-6-10-17/h3-12,18H,13-16H2,1-2H3. The SMILES string of the molecule is CC1(C)CC(C[Se]c2ccccc2)N(Cc2ccccc2)C1. The second kappa shape index (κ2) is 7.00. The van der Waals surface area contributed by atoms with Crippen molar-refractivity contribution in [2.45, 2.75) is 38.2 Å². The predicted octanol–water partition coefficient (Wildman–Crippen LogP) is 3.74. The van der Waals surface area contributed by atoms with Crippen LogP contribution in [0.3, 0.4) is 0 Å². The molecule has 2 aromatic carbocycles. The number of rotatable bonds is 5. The van der Waals surface area contributed by atoms with Crippen molar-refractivity contribution < 1.29 is 0 Å². The van der Waals surface area contributed by atoms with Gasteiger partial charge in [0.05, 0.1) is 0 Å². The van der Waals surface area contributed by atoms with Gasteiger partial charge in [0.25, 0.3) is 0 Å². The second-order valence-electron chi connectivity index (χ2n) is 7.04. The molecule has 0 aliphatic carbocycles. The van der Waals surface area contributed by atoms with Gasteiger partial charge in [-0.05, 0) is 0 Å². The normalized spacial score (nSPS) is 21.1. The first-order valence-corrected chi connectivity index (χ1v) is 10.1. The third-order valence-electron chi connectivity index (χ3n) is 4.35. The zero-order chi connectivity index (χ0) is 15.4. The molecule has 2 heteroatoms. The van der Waals surface area contributed by atoms with Crippen LogP contribution in [0, 0.1) is 5.41 Å². The predicted molar refractivity (Wildman–Crippen MR) is 95.7 cm³/mol. The van der Waals surface area contributed by atoms with Crippen molar-refractivity contribution in [2.75, 3.05) is 6.54 Å². The van der Waals surface area contributed by atoms with Crippen molar-refractivity contribution in [3.05, 3.63) is 66.2 Å². The molecule has 0 N–H and O–H groups in total. The van der Waals surface area contributed by atoms with Gasteiger partial charge in [0.1, 0.15) is 0 Å². The van der Waals surface area contributed by atoms with E-state index in [2.05, 4.69) is 79.4 Å². The average Bonchev–Trinajstić information content (AvgIpc) is 2.81. The first-order chi connectivity index (χ1) is 10.6. The Bertz CT molecular complexity index is 579. The third-order valence-corrected chi connectivity index (χ3v) is 6.78. The Hall–Kier alpha value is -1.08. The van der Waals surface area contributed by atoms with Gasteiger partial charge in [-0.15, -0.1) is 0 Å². The first kappa shape index (κ1) is 15.8. The first-order valence-electron chi connectivity index (χ1n) is 8.08. The fraction of sp³-hybridized carbons (Fsp3) is 0.400. The molecule has 0 aromatic heterocycles. The Morgan fingerprint density at radius 3 is 2.32 bits per heavy atom. The Morgan fingerprint density at radius 1 is 1.00 bits per heavy atom. The molecule has 116 valence electrons. The summed E-state index contributed by atoms with van der Waals surface area (Å²) < 4.78 is 1.53. The van der Waals surface area contributed by atoms with E-state index in [4.69, 9.17) is 0 Å². The topological polar surface area (TPSA) is 3.24 Å². The van der Waals surface area contributed by atoms with E-state index in [1.165, 1.54) is 28.3 Å². The van der Waals surface area contributed by atoms with Crippen molar-refractivity contribution in [1.82, 2.24) is 4.90 Å². The summed E-state index contributed by atoms with van der Waals surface area (Å²) in [5.74, 6) is 0. The Labute approximate surface area is 140 Å². The van der Waals surface area contributed by atoms with Gasteiger partial charge in [-0.2, -0.15) is 0 Å². The Kier molecular flexibility index (Phi) is 5.03. The van der Waals surface area contributed by atoms with Crippen LogP contribution >= 0.6 is 0 Å². The quantitative estimate of drug-likeness (QED) is 0.736. The Balaban J connectivity index is 1.65. The maximum absolute atomic E-state index is 2.71. The van der Waals surface area contributed by atoms with Crippen LogP contribution in [0.2, 0.25) is 5.32 Å². The van der Waals surface area contributed by atoms with Crippen LogP contribution in [0.15, 0.2) is 60.7 Å². The third kappa shape index (κ3) is 4.23. The molecule has 22 heavy (non-hydrogen) atoms. The maximum atomic E-state index is 2.71. The number of hydrogen-bond acceptors (Lipinski definition) is 1. The van der Waals surface area contributed by atoms with Gasteiger partial charge in [0.2, 0.25) is 0 Å². The minimum absolute atomic E-state index is 0.451. The summed E-state index contributed by atoms with van der Waals surface area (Å²) in [6.07, 6.45) is 1.33. The van der Waals surface area contributed by atoms with Crippen LogP contribution in [-0.4, -0.2) is 32.4 Å². The monoisotopic (exact) mass is 359 g/mol. The van der Waals surface area contributed by atoms with Gasteiger partial charge >= 0.3 is 141 Å². The molecule has 1 unspecified atom stereocenters. The molecule has 1 nitrogen and oxygen atoms in total. The molecular formula is C20H25NSe. The summed E-state index contributed by atoms with van der Waals surface area (Å²) in [6.45, 7) is 7.15. The summed E-state index contributed by atoms with van der Waals surface area (Å²) >= 11 is 0.585. The van der Waals surface area contributed by atoms with Gasteiger partial charge < -0.3 is 0 Å². The molecule has 1 fully saturated rings. The Morgan fingerprint density at radius 2 is 1.64 bits per heavy atom. The molecule has 0 saturated carbocycles. The molecule has 0 radical (unpaired) electrons. The van der Waals surface area contributed by atoms with Crippen LogP contribution in [-0.2, 0) is 6.54 Å². The number of hydrogen-bond donors (Lipinski definition) is 0. The van der Waals surface area contributed by atoms with Crippen LogP contribution in [0.1, 0.15) is 25.8 Å². The molecule has 0 bridgehead atoms. The van der Waals surface area contributed by atoms with Crippen LogP contribution in [0.5, 0.6) is 0 Å². The molecule has 1 aliphatic rings. The number of likely N-dealkylation sites (tertiary alicyclic amines) is 1. The molecule has 2 aromatic rings. The van der Waals surface area contributed by atoms with Gasteiger partial charge in [-0.3, -0.25) is 0 Å². The van der Waals surface area contributed by atoms with Gasteiger partial charge in [0.15, 0.2) is 0 Å². The van der Waals surface area contributed by atoms with E-state index in [0.717, 1.165) is 12.6 Å². The molecule has 1 heterocycles. The van der Waals surface area contributed by atoms with Gasteiger partial charge in [-0.25, -0.2) is 0 Å². The summed E-state index contributed by atoms with van der Waals surface area (Å²) in [5.41, 5.74) is 1.89. The summed E-state index contributed by atoms with van der Waals surface area (Å²) in [5, 5.41) is 1.33. The van der Waals surface area contributed by atoms with Crippen molar-refractivity contribution in [3.8, 4) is 0 Å². The van der Waals surface area contributed by atoms with Crippen molar-refractivity contribution >= 4 is 19.4 Å². The van der Waals surface area contributed by atoms with E-state index in [9.17, 15) is 0 Å².